The molecule has 0 aliphatic heterocycles. The van der Waals surface area contributed by atoms with E-state index in [1.54, 1.807) is 0 Å². The Morgan fingerprint density at radius 3 is 2.89 bits per heavy atom. The Kier molecular flexibility index (Phi) is 3.92. The largest absolute Gasteiger partial charge is 0.354 e. The molecule has 0 fully saturated rings. The van der Waals surface area contributed by atoms with Crippen molar-refractivity contribution in [3.8, 4) is 0 Å². The molecule has 1 aromatic heterocycles. The Morgan fingerprint density at radius 2 is 2.17 bits per heavy atom. The summed E-state index contributed by atoms with van der Waals surface area (Å²) in [6.45, 7) is 4.59. The molecule has 1 N–H and O–H groups in total. The summed E-state index contributed by atoms with van der Waals surface area (Å²) < 4.78 is 2.06. The number of benzene rings is 1. The van der Waals surface area contributed by atoms with E-state index in [1.807, 2.05) is 44.3 Å². The Hall–Kier alpha value is -1.48. The van der Waals surface area contributed by atoms with E-state index >= 15 is 0 Å². The van der Waals surface area contributed by atoms with Crippen LogP contribution in [0, 0.1) is 0 Å². The molecule has 4 heteroatoms. The molecule has 0 spiro atoms. The highest BCUT2D eigenvalue weighted by molar-refractivity contribution is 6.31. The molecule has 3 nitrogen and oxygen atoms in total. The molecule has 1 amide bonds. The monoisotopic (exact) mass is 264 g/mol. The lowest BCUT2D eigenvalue weighted by Crippen LogP contribution is -2.30. The SMILES string of the molecule is CC(C)NC(=O)CCn1ccc2ccc(Cl)cc21. The molecule has 1 heterocycles. The van der Waals surface area contributed by atoms with Crippen LogP contribution in [0.5, 0.6) is 0 Å². The molecule has 0 saturated carbocycles. The molecule has 0 aliphatic rings. The third kappa shape index (κ3) is 3.05. The van der Waals surface area contributed by atoms with Crippen LogP contribution >= 0.6 is 11.6 Å². The second kappa shape index (κ2) is 5.44. The fraction of sp³-hybridized carbons (Fsp3) is 0.357. The van der Waals surface area contributed by atoms with Crippen LogP contribution in [0.25, 0.3) is 10.9 Å². The smallest absolute Gasteiger partial charge is 0.221 e. The predicted octanol–water partition coefficient (Wildman–Crippen LogP) is 3.21. The van der Waals surface area contributed by atoms with Crippen molar-refractivity contribution in [1.29, 1.82) is 0 Å². The molecule has 2 rings (SSSR count). The van der Waals surface area contributed by atoms with Gasteiger partial charge in [-0.1, -0.05) is 17.7 Å². The lowest BCUT2D eigenvalue weighted by atomic mass is 10.2. The van der Waals surface area contributed by atoms with Crippen molar-refractivity contribution in [3.63, 3.8) is 0 Å². The van der Waals surface area contributed by atoms with Crippen LogP contribution in [-0.4, -0.2) is 16.5 Å². The third-order valence-electron chi connectivity index (χ3n) is 2.77. The van der Waals surface area contributed by atoms with Gasteiger partial charge >= 0.3 is 0 Å². The molecule has 0 unspecified atom stereocenters. The zero-order chi connectivity index (χ0) is 13.1. The first-order valence-electron chi connectivity index (χ1n) is 6.10. The Labute approximate surface area is 112 Å². The fourth-order valence-corrected chi connectivity index (χ4v) is 2.13. The zero-order valence-electron chi connectivity index (χ0n) is 10.6. The first kappa shape index (κ1) is 13.0. The number of carbonyl (C=O) groups is 1. The van der Waals surface area contributed by atoms with Gasteiger partial charge < -0.3 is 9.88 Å². The minimum Gasteiger partial charge on any atom is -0.354 e. The number of fused-ring (bicyclic) bond motifs is 1. The summed E-state index contributed by atoms with van der Waals surface area (Å²) in [4.78, 5) is 11.6. The molecule has 0 bridgehead atoms. The van der Waals surface area contributed by atoms with Crippen molar-refractivity contribution in [3.05, 3.63) is 35.5 Å². The van der Waals surface area contributed by atoms with Crippen molar-refractivity contribution in [1.82, 2.24) is 9.88 Å². The summed E-state index contributed by atoms with van der Waals surface area (Å²) in [5, 5.41) is 4.75. The van der Waals surface area contributed by atoms with Crippen LogP contribution in [0.4, 0.5) is 0 Å². The third-order valence-corrected chi connectivity index (χ3v) is 3.00. The van der Waals surface area contributed by atoms with Gasteiger partial charge in [-0.25, -0.2) is 0 Å². The fourth-order valence-electron chi connectivity index (χ4n) is 1.97. The first-order valence-corrected chi connectivity index (χ1v) is 6.48. The summed E-state index contributed by atoms with van der Waals surface area (Å²) in [6.07, 6.45) is 2.47. The van der Waals surface area contributed by atoms with Gasteiger partial charge in [0.25, 0.3) is 0 Å². The van der Waals surface area contributed by atoms with Crippen molar-refractivity contribution in [2.45, 2.75) is 32.9 Å². The van der Waals surface area contributed by atoms with E-state index in [1.165, 1.54) is 0 Å². The number of aryl methyl sites for hydroxylation is 1. The lowest BCUT2D eigenvalue weighted by molar-refractivity contribution is -0.121. The number of rotatable bonds is 4. The minimum absolute atomic E-state index is 0.0777. The second-order valence-corrected chi connectivity index (χ2v) is 5.12. The van der Waals surface area contributed by atoms with Gasteiger partial charge in [-0.15, -0.1) is 0 Å². The highest BCUT2D eigenvalue weighted by Gasteiger charge is 2.06. The van der Waals surface area contributed by atoms with E-state index in [0.717, 1.165) is 10.9 Å². The van der Waals surface area contributed by atoms with Gasteiger partial charge in [0.1, 0.15) is 0 Å². The summed E-state index contributed by atoms with van der Waals surface area (Å²) in [5.74, 6) is 0.0777. The van der Waals surface area contributed by atoms with Crippen molar-refractivity contribution in [2.75, 3.05) is 0 Å². The molecule has 0 aliphatic carbocycles. The molecule has 18 heavy (non-hydrogen) atoms. The molecule has 1 aromatic carbocycles. The highest BCUT2D eigenvalue weighted by Crippen LogP contribution is 2.20. The van der Waals surface area contributed by atoms with Gasteiger partial charge in [-0.3, -0.25) is 4.79 Å². The quantitative estimate of drug-likeness (QED) is 0.904. The number of nitrogens with zero attached hydrogens (tertiary/aromatic N) is 1. The molecule has 2 aromatic rings. The van der Waals surface area contributed by atoms with Crippen LogP contribution in [-0.2, 0) is 11.3 Å². The average molecular weight is 265 g/mol. The number of hydrogen-bond donors (Lipinski definition) is 1. The van der Waals surface area contributed by atoms with Crippen molar-refractivity contribution < 1.29 is 4.79 Å². The predicted molar refractivity (Wildman–Crippen MR) is 74.8 cm³/mol. The average Bonchev–Trinajstić information content (AvgIpc) is 2.68. The molecule has 96 valence electrons. The van der Waals surface area contributed by atoms with E-state index < -0.39 is 0 Å². The maximum atomic E-state index is 11.6. The van der Waals surface area contributed by atoms with Crippen LogP contribution < -0.4 is 5.32 Å². The minimum atomic E-state index is 0.0777. The van der Waals surface area contributed by atoms with E-state index in [4.69, 9.17) is 11.6 Å². The maximum absolute atomic E-state index is 11.6. The van der Waals surface area contributed by atoms with Crippen molar-refractivity contribution >= 4 is 28.4 Å². The number of amides is 1. The normalized spacial score (nSPS) is 11.1. The zero-order valence-corrected chi connectivity index (χ0v) is 11.4. The Balaban J connectivity index is 2.08. The van der Waals surface area contributed by atoms with Gasteiger partial charge in [-0.2, -0.15) is 0 Å². The van der Waals surface area contributed by atoms with E-state index in [0.29, 0.717) is 18.0 Å². The van der Waals surface area contributed by atoms with Gasteiger partial charge in [0.15, 0.2) is 0 Å². The van der Waals surface area contributed by atoms with Gasteiger partial charge in [0, 0.05) is 35.7 Å². The van der Waals surface area contributed by atoms with E-state index in [9.17, 15) is 4.79 Å². The number of carbonyl (C=O) groups excluding carboxylic acids is 1. The van der Waals surface area contributed by atoms with Crippen LogP contribution in [0.3, 0.4) is 0 Å². The van der Waals surface area contributed by atoms with E-state index in [-0.39, 0.29) is 11.9 Å². The van der Waals surface area contributed by atoms with Gasteiger partial charge in [-0.05, 0) is 37.4 Å². The lowest BCUT2D eigenvalue weighted by Gasteiger charge is -2.09. The van der Waals surface area contributed by atoms with Gasteiger partial charge in [0.05, 0.1) is 0 Å². The van der Waals surface area contributed by atoms with Crippen molar-refractivity contribution in [2.24, 2.45) is 0 Å². The first-order chi connectivity index (χ1) is 8.56. The standard InChI is InChI=1S/C14H17ClN2O/c1-10(2)16-14(18)6-8-17-7-5-11-3-4-12(15)9-13(11)17/h3-5,7,9-10H,6,8H2,1-2H3,(H,16,18). The maximum Gasteiger partial charge on any atom is 0.221 e. The van der Waals surface area contributed by atoms with Crippen LogP contribution in [0.2, 0.25) is 5.02 Å². The molecular formula is C14H17ClN2O. The Bertz CT molecular complexity index is 560. The van der Waals surface area contributed by atoms with Crippen LogP contribution in [0.1, 0.15) is 20.3 Å². The number of hydrogen-bond acceptors (Lipinski definition) is 1. The van der Waals surface area contributed by atoms with Gasteiger partial charge in [0.2, 0.25) is 5.91 Å². The number of aromatic nitrogens is 1. The second-order valence-electron chi connectivity index (χ2n) is 4.68. The Morgan fingerprint density at radius 1 is 1.39 bits per heavy atom. The summed E-state index contributed by atoms with van der Waals surface area (Å²) in [6, 6.07) is 8.01. The number of halogens is 1. The molecule has 0 radical (unpaired) electrons. The molecule has 0 atom stereocenters. The summed E-state index contributed by atoms with van der Waals surface area (Å²) in [7, 11) is 0. The topological polar surface area (TPSA) is 34.0 Å². The summed E-state index contributed by atoms with van der Waals surface area (Å²) >= 11 is 5.99. The van der Waals surface area contributed by atoms with E-state index in [2.05, 4.69) is 9.88 Å². The van der Waals surface area contributed by atoms with Crippen LogP contribution in [0.15, 0.2) is 30.5 Å². The summed E-state index contributed by atoms with van der Waals surface area (Å²) in [5.41, 5.74) is 1.07. The highest BCUT2D eigenvalue weighted by atomic mass is 35.5. The number of nitrogens with one attached hydrogen (secondary N) is 1. The molecule has 0 saturated heterocycles. The molecular weight excluding hydrogens is 248 g/mol.